The molecule has 6 nitrogen and oxygen atoms in total. The predicted octanol–water partition coefficient (Wildman–Crippen LogP) is 1.45. The molecule has 0 atom stereocenters. The lowest BCUT2D eigenvalue weighted by molar-refractivity contribution is 0.327. The Morgan fingerprint density at radius 3 is 2.48 bits per heavy atom. The highest BCUT2D eigenvalue weighted by atomic mass is 127. The minimum atomic E-state index is -3.17. The molecule has 0 saturated carbocycles. The van der Waals surface area contributed by atoms with E-state index in [1.54, 1.807) is 12.1 Å². The van der Waals surface area contributed by atoms with Crippen molar-refractivity contribution in [3.05, 3.63) is 24.3 Å². The molecule has 23 heavy (non-hydrogen) atoms. The van der Waals surface area contributed by atoms with Crippen molar-refractivity contribution in [2.75, 3.05) is 44.0 Å². The second kappa shape index (κ2) is 9.58. The number of rotatable bonds is 5. The van der Waals surface area contributed by atoms with Crippen molar-refractivity contribution < 1.29 is 13.2 Å². The van der Waals surface area contributed by atoms with Crippen LogP contribution in [0.2, 0.25) is 0 Å². The van der Waals surface area contributed by atoms with Crippen molar-refractivity contribution in [3.8, 4) is 5.75 Å². The van der Waals surface area contributed by atoms with Crippen LogP contribution in [0.1, 0.15) is 0 Å². The third-order valence-electron chi connectivity index (χ3n) is 3.22. The van der Waals surface area contributed by atoms with Crippen LogP contribution in [0.3, 0.4) is 0 Å². The molecule has 0 spiro atoms. The molecule has 1 aliphatic heterocycles. The third kappa shape index (κ3) is 6.76. The summed E-state index contributed by atoms with van der Waals surface area (Å²) in [4.78, 5) is 6.67. The van der Waals surface area contributed by atoms with Gasteiger partial charge in [-0.05, 0) is 24.3 Å². The third-order valence-corrected chi connectivity index (χ3v) is 5.29. The van der Waals surface area contributed by atoms with Crippen LogP contribution in [0.15, 0.2) is 34.2 Å². The molecule has 0 bridgehead atoms. The van der Waals surface area contributed by atoms with Gasteiger partial charge in [-0.1, -0.05) is 0 Å². The van der Waals surface area contributed by atoms with E-state index in [1.165, 1.54) is 18.4 Å². The number of nitrogens with two attached hydrogens (primary N) is 1. The first-order chi connectivity index (χ1) is 10.5. The molecule has 0 unspecified atom stereocenters. The second-order valence-corrected chi connectivity index (χ2v) is 8.17. The van der Waals surface area contributed by atoms with Crippen LogP contribution in [0.25, 0.3) is 0 Å². The lowest BCUT2D eigenvalue weighted by Crippen LogP contribution is -2.42. The van der Waals surface area contributed by atoms with Crippen LogP contribution in [-0.4, -0.2) is 63.3 Å². The van der Waals surface area contributed by atoms with Crippen molar-refractivity contribution in [1.29, 1.82) is 0 Å². The molecule has 0 aliphatic carbocycles. The standard InChI is InChI=1S/C14H21N3O3S2.HI/c1-22(18,19)13-4-2-12(3-5-13)20-9-6-16-14(15)17-7-10-21-11-8-17;/h2-5H,6-11H2,1H3,(H2,15,16);1H. The molecule has 0 amide bonds. The lowest BCUT2D eigenvalue weighted by atomic mass is 10.3. The molecule has 1 aromatic carbocycles. The van der Waals surface area contributed by atoms with Gasteiger partial charge < -0.3 is 15.4 Å². The lowest BCUT2D eigenvalue weighted by Gasteiger charge is -2.27. The van der Waals surface area contributed by atoms with E-state index < -0.39 is 9.84 Å². The maximum absolute atomic E-state index is 11.4. The van der Waals surface area contributed by atoms with E-state index in [0.717, 1.165) is 24.6 Å². The Kier molecular flexibility index (Phi) is 8.48. The highest BCUT2D eigenvalue weighted by Gasteiger charge is 2.11. The normalized spacial score (nSPS) is 15.9. The van der Waals surface area contributed by atoms with Crippen molar-refractivity contribution in [2.24, 2.45) is 10.7 Å². The molecule has 0 aromatic heterocycles. The Morgan fingerprint density at radius 2 is 1.91 bits per heavy atom. The maximum atomic E-state index is 11.4. The first-order valence-electron chi connectivity index (χ1n) is 7.02. The van der Waals surface area contributed by atoms with E-state index in [-0.39, 0.29) is 28.9 Å². The van der Waals surface area contributed by atoms with Gasteiger partial charge in [0.1, 0.15) is 12.4 Å². The summed E-state index contributed by atoms with van der Waals surface area (Å²) < 4.78 is 28.2. The summed E-state index contributed by atoms with van der Waals surface area (Å²) in [6, 6.07) is 6.36. The number of guanidine groups is 1. The van der Waals surface area contributed by atoms with E-state index in [0.29, 0.717) is 24.9 Å². The molecule has 1 heterocycles. The minimum absolute atomic E-state index is 0. The molecule has 0 radical (unpaired) electrons. The van der Waals surface area contributed by atoms with E-state index >= 15 is 0 Å². The Bertz CT molecular complexity index is 615. The van der Waals surface area contributed by atoms with Crippen molar-refractivity contribution in [1.82, 2.24) is 4.90 Å². The van der Waals surface area contributed by atoms with Gasteiger partial charge in [-0.3, -0.25) is 0 Å². The number of nitrogens with zero attached hydrogens (tertiary/aromatic N) is 2. The zero-order valence-corrected chi connectivity index (χ0v) is 16.9. The summed E-state index contributed by atoms with van der Waals surface area (Å²) in [7, 11) is -3.17. The number of hydrogen-bond acceptors (Lipinski definition) is 5. The summed E-state index contributed by atoms with van der Waals surface area (Å²) in [5.41, 5.74) is 5.94. The topological polar surface area (TPSA) is 85.0 Å². The van der Waals surface area contributed by atoms with Gasteiger partial charge >= 0.3 is 0 Å². The molecule has 1 saturated heterocycles. The van der Waals surface area contributed by atoms with E-state index in [9.17, 15) is 8.42 Å². The van der Waals surface area contributed by atoms with Crippen LogP contribution in [0, 0.1) is 0 Å². The minimum Gasteiger partial charge on any atom is -0.492 e. The maximum Gasteiger partial charge on any atom is 0.191 e. The Hall–Kier alpha value is -0.680. The largest absolute Gasteiger partial charge is 0.492 e. The first-order valence-corrected chi connectivity index (χ1v) is 10.1. The van der Waals surface area contributed by atoms with Gasteiger partial charge in [0.15, 0.2) is 15.8 Å². The van der Waals surface area contributed by atoms with Crippen molar-refractivity contribution >= 4 is 51.5 Å². The molecule has 1 aliphatic rings. The molecular weight excluding hydrogens is 449 g/mol. The summed E-state index contributed by atoms with van der Waals surface area (Å²) in [5.74, 6) is 3.35. The zero-order chi connectivity index (χ0) is 16.0. The highest BCUT2D eigenvalue weighted by Crippen LogP contribution is 2.15. The average Bonchev–Trinajstić information content (AvgIpc) is 2.52. The van der Waals surface area contributed by atoms with Gasteiger partial charge in [0.05, 0.1) is 11.4 Å². The smallest absolute Gasteiger partial charge is 0.191 e. The molecule has 2 rings (SSSR count). The van der Waals surface area contributed by atoms with Crippen LogP contribution in [0.5, 0.6) is 5.75 Å². The van der Waals surface area contributed by atoms with Crippen LogP contribution in [0.4, 0.5) is 0 Å². The van der Waals surface area contributed by atoms with E-state index in [4.69, 9.17) is 10.5 Å². The van der Waals surface area contributed by atoms with Gasteiger partial charge in [0.25, 0.3) is 0 Å². The molecule has 130 valence electrons. The van der Waals surface area contributed by atoms with Gasteiger partial charge in [0, 0.05) is 30.9 Å². The monoisotopic (exact) mass is 471 g/mol. The summed E-state index contributed by atoms with van der Waals surface area (Å²) in [6.45, 7) is 2.76. The Morgan fingerprint density at radius 1 is 1.30 bits per heavy atom. The Labute approximate surface area is 158 Å². The van der Waals surface area contributed by atoms with Crippen LogP contribution >= 0.6 is 35.7 Å². The molecular formula is C14H22IN3O3S2. The number of hydrogen-bond donors (Lipinski definition) is 1. The quantitative estimate of drug-likeness (QED) is 0.303. The van der Waals surface area contributed by atoms with Crippen LogP contribution < -0.4 is 10.5 Å². The number of sulfone groups is 1. The van der Waals surface area contributed by atoms with E-state index in [2.05, 4.69) is 9.89 Å². The van der Waals surface area contributed by atoms with Gasteiger partial charge in [-0.2, -0.15) is 11.8 Å². The highest BCUT2D eigenvalue weighted by molar-refractivity contribution is 14.0. The molecule has 1 fully saturated rings. The van der Waals surface area contributed by atoms with Crippen molar-refractivity contribution in [2.45, 2.75) is 4.90 Å². The summed E-state index contributed by atoms with van der Waals surface area (Å²) in [6.07, 6.45) is 1.18. The summed E-state index contributed by atoms with van der Waals surface area (Å²) >= 11 is 1.92. The summed E-state index contributed by atoms with van der Waals surface area (Å²) in [5, 5.41) is 0. The van der Waals surface area contributed by atoms with E-state index in [1.807, 2.05) is 11.8 Å². The van der Waals surface area contributed by atoms with Gasteiger partial charge in [0.2, 0.25) is 0 Å². The number of aliphatic imine (C=N–C) groups is 1. The SMILES string of the molecule is CS(=O)(=O)c1ccc(OCCN=C(N)N2CCSCC2)cc1.I. The number of halogens is 1. The molecule has 9 heteroatoms. The van der Waals surface area contributed by atoms with Crippen LogP contribution in [-0.2, 0) is 9.84 Å². The zero-order valence-electron chi connectivity index (χ0n) is 13.0. The van der Waals surface area contributed by atoms with Gasteiger partial charge in [-0.25, -0.2) is 13.4 Å². The fourth-order valence-corrected chi connectivity index (χ4v) is 3.53. The fourth-order valence-electron chi connectivity index (χ4n) is 2.00. The fraction of sp³-hybridized carbons (Fsp3) is 0.500. The van der Waals surface area contributed by atoms with Gasteiger partial charge in [-0.15, -0.1) is 24.0 Å². The number of benzene rings is 1. The Balaban J connectivity index is 0.00000264. The second-order valence-electron chi connectivity index (χ2n) is 4.93. The average molecular weight is 471 g/mol. The predicted molar refractivity (Wildman–Crippen MR) is 106 cm³/mol. The first kappa shape index (κ1) is 20.4. The number of thioether (sulfide) groups is 1. The van der Waals surface area contributed by atoms with Crippen molar-refractivity contribution in [3.63, 3.8) is 0 Å². The molecule has 2 N–H and O–H groups in total. The number of ether oxygens (including phenoxy) is 1. The molecule has 1 aromatic rings.